The molecule has 0 bridgehead atoms. The first-order chi connectivity index (χ1) is 21.5. The molecule has 0 radical (unpaired) electrons. The van der Waals surface area contributed by atoms with Crippen molar-refractivity contribution in [2.24, 2.45) is 11.8 Å². The molecule has 0 saturated carbocycles. The maximum absolute atomic E-state index is 12.6. The third-order valence-electron chi connectivity index (χ3n) is 8.34. The van der Waals surface area contributed by atoms with Gasteiger partial charge in [-0.2, -0.15) is 0 Å². The highest BCUT2D eigenvalue weighted by Gasteiger charge is 2.52. The minimum absolute atomic E-state index is 0.0610. The number of aliphatic hydroxyl groups excluding tert-OH is 7. The van der Waals surface area contributed by atoms with Gasteiger partial charge in [0, 0.05) is 12.0 Å². The fourth-order valence-electron chi connectivity index (χ4n) is 5.81. The Morgan fingerprint density at radius 1 is 0.889 bits per heavy atom. The highest BCUT2D eigenvalue weighted by Crippen LogP contribution is 2.43. The fraction of sp³-hybridized carbons (Fsp3) is 0.567. The Balaban J connectivity index is 1.26. The predicted octanol–water partition coefficient (Wildman–Crippen LogP) is -1.98. The van der Waals surface area contributed by atoms with Gasteiger partial charge in [0.05, 0.1) is 37.6 Å². The molecule has 0 amide bonds. The normalized spacial score (nSPS) is 41.4. The van der Waals surface area contributed by atoms with Crippen molar-refractivity contribution in [2.45, 2.75) is 80.7 Å². The van der Waals surface area contributed by atoms with E-state index in [-0.39, 0.29) is 5.75 Å². The third kappa shape index (κ3) is 7.08. The maximum Gasteiger partial charge on any atom is 0.331 e. The second kappa shape index (κ2) is 14.2. The van der Waals surface area contributed by atoms with Crippen LogP contribution in [0, 0.1) is 11.8 Å². The van der Waals surface area contributed by atoms with Crippen molar-refractivity contribution < 1.29 is 74.1 Å². The molecule has 248 valence electrons. The summed E-state index contributed by atoms with van der Waals surface area (Å²) < 4.78 is 34.1. The van der Waals surface area contributed by atoms with Gasteiger partial charge in [-0.1, -0.05) is 18.2 Å². The van der Waals surface area contributed by atoms with Crippen LogP contribution in [-0.4, -0.2) is 134 Å². The standard InChI is InChI=1S/C30H38O15/c1-13-22(35)27(44-20(34)7-4-14-2-5-16(33)6-3-14)26(39)30(41-13)42-18-10-15(11-31)21-17(18)8-9-40-28(21)45-29-25(38)24(37)23(36)19(12-32)43-29/h2-10,13,17-19,21-33,35-39H,11-12H2,1H3. The number of rotatable bonds is 9. The van der Waals surface area contributed by atoms with Crippen molar-refractivity contribution in [3.05, 3.63) is 59.9 Å². The zero-order valence-corrected chi connectivity index (χ0v) is 24.1. The number of benzene rings is 1. The Morgan fingerprint density at radius 3 is 2.29 bits per heavy atom. The monoisotopic (exact) mass is 638 g/mol. The highest BCUT2D eigenvalue weighted by atomic mass is 16.8. The quantitative estimate of drug-likeness (QED) is 0.0832. The summed E-state index contributed by atoms with van der Waals surface area (Å²) in [7, 11) is 0. The number of aromatic hydroxyl groups is 1. The zero-order chi connectivity index (χ0) is 32.4. The van der Waals surface area contributed by atoms with Crippen LogP contribution in [-0.2, 0) is 33.2 Å². The first kappa shape index (κ1) is 33.4. The number of carbonyl (C=O) groups is 1. The smallest absolute Gasteiger partial charge is 0.331 e. The Labute approximate surface area is 257 Å². The molecule has 5 rings (SSSR count). The van der Waals surface area contributed by atoms with Crippen molar-refractivity contribution >= 4 is 12.0 Å². The summed E-state index contributed by atoms with van der Waals surface area (Å²) in [6, 6.07) is 6.05. The van der Waals surface area contributed by atoms with Gasteiger partial charge in [0.25, 0.3) is 0 Å². The molecule has 4 aliphatic rings. The minimum atomic E-state index is -1.68. The van der Waals surface area contributed by atoms with E-state index in [2.05, 4.69) is 0 Å². The molecule has 15 nitrogen and oxygen atoms in total. The lowest BCUT2D eigenvalue weighted by Crippen LogP contribution is -2.60. The maximum atomic E-state index is 12.6. The van der Waals surface area contributed by atoms with Crippen LogP contribution in [0.3, 0.4) is 0 Å². The molecule has 0 aromatic heterocycles. The Morgan fingerprint density at radius 2 is 1.60 bits per heavy atom. The van der Waals surface area contributed by atoms with E-state index in [1.165, 1.54) is 31.4 Å². The van der Waals surface area contributed by atoms with E-state index < -0.39 is 105 Å². The van der Waals surface area contributed by atoms with Crippen molar-refractivity contribution in [3.8, 4) is 5.75 Å². The lowest BCUT2D eigenvalue weighted by atomic mass is 9.88. The molecule has 0 spiro atoms. The van der Waals surface area contributed by atoms with E-state index in [1.807, 2.05) is 0 Å². The Hall–Kier alpha value is -2.93. The van der Waals surface area contributed by atoms with Crippen LogP contribution in [0.25, 0.3) is 6.08 Å². The fourth-order valence-corrected chi connectivity index (χ4v) is 5.81. The van der Waals surface area contributed by atoms with Gasteiger partial charge >= 0.3 is 5.97 Å². The van der Waals surface area contributed by atoms with E-state index in [1.54, 1.807) is 24.3 Å². The number of esters is 1. The molecule has 1 aliphatic carbocycles. The second-order valence-corrected chi connectivity index (χ2v) is 11.3. The molecule has 3 heterocycles. The number of carbonyl (C=O) groups excluding carboxylic acids is 1. The summed E-state index contributed by atoms with van der Waals surface area (Å²) in [5.74, 6) is -2.03. The van der Waals surface area contributed by atoms with Crippen LogP contribution in [0.15, 0.2) is 54.3 Å². The number of fused-ring (bicyclic) bond motifs is 1. The van der Waals surface area contributed by atoms with Crippen LogP contribution in [0.4, 0.5) is 0 Å². The minimum Gasteiger partial charge on any atom is -0.508 e. The van der Waals surface area contributed by atoms with Gasteiger partial charge in [0.1, 0.15) is 42.4 Å². The lowest BCUT2D eigenvalue weighted by Gasteiger charge is -2.43. The van der Waals surface area contributed by atoms with Crippen molar-refractivity contribution in [3.63, 3.8) is 0 Å². The summed E-state index contributed by atoms with van der Waals surface area (Å²) in [6.07, 6.45) is -9.23. The van der Waals surface area contributed by atoms with E-state index in [0.29, 0.717) is 11.1 Å². The molecular weight excluding hydrogens is 600 g/mol. The molecular formula is C30H38O15. The summed E-state index contributed by atoms with van der Waals surface area (Å²) in [4.78, 5) is 12.6. The zero-order valence-electron chi connectivity index (χ0n) is 24.1. The van der Waals surface area contributed by atoms with Gasteiger partial charge < -0.3 is 69.3 Å². The average molecular weight is 639 g/mol. The van der Waals surface area contributed by atoms with Gasteiger partial charge in [-0.05, 0) is 42.3 Å². The van der Waals surface area contributed by atoms with E-state index in [9.17, 15) is 45.6 Å². The van der Waals surface area contributed by atoms with E-state index in [0.717, 1.165) is 6.08 Å². The predicted molar refractivity (Wildman–Crippen MR) is 149 cm³/mol. The summed E-state index contributed by atoms with van der Waals surface area (Å²) in [5.41, 5.74) is 1.03. The van der Waals surface area contributed by atoms with Gasteiger partial charge in [-0.3, -0.25) is 0 Å². The van der Waals surface area contributed by atoms with Crippen LogP contribution < -0.4 is 0 Å². The second-order valence-electron chi connectivity index (χ2n) is 11.3. The molecule has 3 aliphatic heterocycles. The molecule has 14 atom stereocenters. The Kier molecular flexibility index (Phi) is 10.6. The number of ether oxygens (including phenoxy) is 6. The molecule has 8 N–H and O–H groups in total. The van der Waals surface area contributed by atoms with Gasteiger partial charge in [-0.15, -0.1) is 0 Å². The molecule has 14 unspecified atom stereocenters. The largest absolute Gasteiger partial charge is 0.508 e. The number of hydrogen-bond donors (Lipinski definition) is 8. The molecule has 1 aromatic carbocycles. The molecule has 2 fully saturated rings. The van der Waals surface area contributed by atoms with Crippen molar-refractivity contribution in [2.75, 3.05) is 13.2 Å². The summed E-state index contributed by atoms with van der Waals surface area (Å²) >= 11 is 0. The van der Waals surface area contributed by atoms with E-state index in [4.69, 9.17) is 28.4 Å². The van der Waals surface area contributed by atoms with Crippen LogP contribution in [0.1, 0.15) is 12.5 Å². The first-order valence-corrected chi connectivity index (χ1v) is 14.5. The Bertz CT molecular complexity index is 1250. The molecule has 2 saturated heterocycles. The van der Waals surface area contributed by atoms with Gasteiger partial charge in [0.2, 0.25) is 6.29 Å². The van der Waals surface area contributed by atoms with Crippen molar-refractivity contribution in [1.29, 1.82) is 0 Å². The van der Waals surface area contributed by atoms with Gasteiger partial charge in [-0.25, -0.2) is 4.79 Å². The first-order valence-electron chi connectivity index (χ1n) is 14.5. The number of hydrogen-bond acceptors (Lipinski definition) is 15. The molecule has 1 aromatic rings. The third-order valence-corrected chi connectivity index (χ3v) is 8.34. The number of aliphatic hydroxyl groups is 7. The van der Waals surface area contributed by atoms with Crippen LogP contribution in [0.5, 0.6) is 5.75 Å². The van der Waals surface area contributed by atoms with Crippen molar-refractivity contribution in [1.82, 2.24) is 0 Å². The highest BCUT2D eigenvalue weighted by molar-refractivity contribution is 5.87. The molecule has 15 heteroatoms. The van der Waals surface area contributed by atoms with E-state index >= 15 is 0 Å². The number of phenols is 1. The topological polar surface area (TPSA) is 234 Å². The average Bonchev–Trinajstić information content (AvgIpc) is 3.40. The number of phenolic OH excluding ortho intramolecular Hbond substituents is 1. The summed E-state index contributed by atoms with van der Waals surface area (Å²) in [6.45, 7) is 0.427. The van der Waals surface area contributed by atoms with Crippen LogP contribution in [0.2, 0.25) is 0 Å². The SMILES string of the molecule is CC1OC(OC2C=C(CO)C3C(OC4OC(CO)C(O)C(O)C4O)OC=CC23)C(O)C(OC(=O)C=Cc2ccc(O)cc2)C1O. The van der Waals surface area contributed by atoms with Gasteiger partial charge in [0.15, 0.2) is 18.7 Å². The van der Waals surface area contributed by atoms with Crippen LogP contribution >= 0.6 is 0 Å². The summed E-state index contributed by atoms with van der Waals surface area (Å²) in [5, 5.41) is 81.4. The molecule has 45 heavy (non-hydrogen) atoms. The lowest BCUT2D eigenvalue weighted by molar-refractivity contribution is -0.341.